The van der Waals surface area contributed by atoms with Crippen LogP contribution in [-0.2, 0) is 16.0 Å². The van der Waals surface area contributed by atoms with Crippen molar-refractivity contribution in [1.82, 2.24) is 4.90 Å². The van der Waals surface area contributed by atoms with Crippen molar-refractivity contribution in [3.8, 4) is 11.5 Å². The number of carbonyl (C=O) groups is 2. The zero-order chi connectivity index (χ0) is 21.8. The van der Waals surface area contributed by atoms with Crippen molar-refractivity contribution in [3.05, 3.63) is 63.7 Å². The zero-order valence-electron chi connectivity index (χ0n) is 17.8. The lowest BCUT2D eigenvalue weighted by Crippen LogP contribution is -2.33. The van der Waals surface area contributed by atoms with Gasteiger partial charge in [0.25, 0.3) is 11.8 Å². The molecule has 0 aliphatic carbocycles. The fourth-order valence-corrected chi connectivity index (χ4v) is 3.68. The van der Waals surface area contributed by atoms with Gasteiger partial charge in [0.05, 0.1) is 18.8 Å². The summed E-state index contributed by atoms with van der Waals surface area (Å²) in [6.45, 7) is 9.09. The smallest absolute Gasteiger partial charge is 0.273 e. The number of ether oxygens (including phenoxy) is 2. The van der Waals surface area contributed by atoms with Gasteiger partial charge in [-0.3, -0.25) is 14.5 Å². The van der Waals surface area contributed by atoms with Crippen molar-refractivity contribution < 1.29 is 19.1 Å². The molecule has 0 radical (unpaired) electrons. The van der Waals surface area contributed by atoms with Crippen LogP contribution < -0.4 is 9.47 Å². The molecule has 30 heavy (non-hydrogen) atoms. The molecule has 3 rings (SSSR count). The lowest BCUT2D eigenvalue weighted by molar-refractivity contribution is -0.136. The highest BCUT2D eigenvalue weighted by molar-refractivity contribution is 6.55. The van der Waals surface area contributed by atoms with E-state index in [0.717, 1.165) is 16.7 Å². The van der Waals surface area contributed by atoms with Crippen molar-refractivity contribution in [2.75, 3.05) is 19.8 Å². The van der Waals surface area contributed by atoms with Crippen LogP contribution >= 0.6 is 11.6 Å². The standard InChI is InChI=1S/C24H26ClNO4/c1-5-29-19-10-8-17(14-20(19)30-6-2)11-12-26-23(27)21(22(25)24(26)28)18-9-7-15(3)16(4)13-18/h7-10,13-14H,5-6,11-12H2,1-4H3. The van der Waals surface area contributed by atoms with Gasteiger partial charge in [0.15, 0.2) is 11.5 Å². The predicted molar refractivity (Wildman–Crippen MR) is 118 cm³/mol. The number of hydrogen-bond acceptors (Lipinski definition) is 4. The molecule has 158 valence electrons. The van der Waals surface area contributed by atoms with E-state index >= 15 is 0 Å². The Kier molecular flexibility index (Phi) is 6.83. The molecule has 2 aromatic rings. The van der Waals surface area contributed by atoms with E-state index < -0.39 is 5.91 Å². The third kappa shape index (κ3) is 4.36. The van der Waals surface area contributed by atoms with Crippen molar-refractivity contribution in [2.45, 2.75) is 34.1 Å². The van der Waals surface area contributed by atoms with Gasteiger partial charge in [0, 0.05) is 6.54 Å². The maximum absolute atomic E-state index is 13.0. The summed E-state index contributed by atoms with van der Waals surface area (Å²) in [5.41, 5.74) is 4.04. The number of nitrogens with zero attached hydrogens (tertiary/aromatic N) is 1. The van der Waals surface area contributed by atoms with Gasteiger partial charge in [-0.25, -0.2) is 0 Å². The largest absolute Gasteiger partial charge is 0.490 e. The fourth-order valence-electron chi connectivity index (χ4n) is 3.39. The summed E-state index contributed by atoms with van der Waals surface area (Å²) in [7, 11) is 0. The van der Waals surface area contributed by atoms with E-state index in [1.807, 2.05) is 64.1 Å². The van der Waals surface area contributed by atoms with Crippen molar-refractivity contribution in [3.63, 3.8) is 0 Å². The molecule has 0 fully saturated rings. The molecule has 1 heterocycles. The maximum Gasteiger partial charge on any atom is 0.273 e. The average Bonchev–Trinajstić information content (AvgIpc) is 2.93. The van der Waals surface area contributed by atoms with Crippen molar-refractivity contribution >= 4 is 29.0 Å². The summed E-state index contributed by atoms with van der Waals surface area (Å²) in [5, 5.41) is -0.0232. The van der Waals surface area contributed by atoms with E-state index in [-0.39, 0.29) is 23.1 Å². The molecule has 0 aromatic heterocycles. The topological polar surface area (TPSA) is 55.8 Å². The predicted octanol–water partition coefficient (Wildman–Crippen LogP) is 4.66. The van der Waals surface area contributed by atoms with Crippen LogP contribution in [0.15, 0.2) is 41.4 Å². The van der Waals surface area contributed by atoms with Gasteiger partial charge in [-0.05, 0) is 68.5 Å². The number of benzene rings is 2. The normalized spacial score (nSPS) is 14.0. The number of amides is 2. The maximum atomic E-state index is 13.0. The monoisotopic (exact) mass is 427 g/mol. The second-order valence-electron chi connectivity index (χ2n) is 7.15. The third-order valence-corrected chi connectivity index (χ3v) is 5.49. The minimum absolute atomic E-state index is 0.0232. The highest BCUT2D eigenvalue weighted by atomic mass is 35.5. The van der Waals surface area contributed by atoms with Crippen LogP contribution in [0.2, 0.25) is 0 Å². The first kappa shape index (κ1) is 21.9. The first-order chi connectivity index (χ1) is 14.4. The molecule has 0 saturated heterocycles. The van der Waals surface area contributed by atoms with Crippen LogP contribution in [0.25, 0.3) is 5.57 Å². The van der Waals surface area contributed by atoms with Gasteiger partial charge in [0.1, 0.15) is 5.03 Å². The van der Waals surface area contributed by atoms with Gasteiger partial charge in [0.2, 0.25) is 0 Å². The minimum atomic E-state index is -0.453. The van der Waals surface area contributed by atoms with E-state index in [1.54, 1.807) is 0 Å². The van der Waals surface area contributed by atoms with Gasteiger partial charge >= 0.3 is 0 Å². The number of carbonyl (C=O) groups excluding carboxylic acids is 2. The lowest BCUT2D eigenvalue weighted by atomic mass is 10.0. The Hall–Kier alpha value is -2.79. The Morgan fingerprint density at radius 2 is 1.57 bits per heavy atom. The van der Waals surface area contributed by atoms with Crippen LogP contribution in [0.1, 0.15) is 36.1 Å². The molecule has 2 aromatic carbocycles. The first-order valence-corrected chi connectivity index (χ1v) is 10.5. The Balaban J connectivity index is 1.77. The summed E-state index contributed by atoms with van der Waals surface area (Å²) in [4.78, 5) is 26.8. The van der Waals surface area contributed by atoms with E-state index in [9.17, 15) is 9.59 Å². The minimum Gasteiger partial charge on any atom is -0.490 e. The molecule has 1 aliphatic rings. The van der Waals surface area contributed by atoms with E-state index in [2.05, 4.69) is 0 Å². The summed E-state index contributed by atoms with van der Waals surface area (Å²) < 4.78 is 11.2. The van der Waals surface area contributed by atoms with Crippen LogP contribution in [0.5, 0.6) is 11.5 Å². The molecule has 5 nitrogen and oxygen atoms in total. The van der Waals surface area contributed by atoms with Gasteiger partial charge in [-0.2, -0.15) is 0 Å². The Labute approximate surface area is 182 Å². The number of hydrogen-bond donors (Lipinski definition) is 0. The van der Waals surface area contributed by atoms with Crippen LogP contribution in [0.3, 0.4) is 0 Å². The zero-order valence-corrected chi connectivity index (χ0v) is 18.5. The summed E-state index contributed by atoms with van der Waals surface area (Å²) in [6, 6.07) is 11.3. The quantitative estimate of drug-likeness (QED) is 0.575. The molecule has 0 unspecified atom stereocenters. The summed E-state index contributed by atoms with van der Waals surface area (Å²) in [5.74, 6) is 0.524. The SMILES string of the molecule is CCOc1ccc(CCN2C(=O)C(Cl)=C(c3ccc(C)c(C)c3)C2=O)cc1OCC. The molecule has 1 aliphatic heterocycles. The summed E-state index contributed by atoms with van der Waals surface area (Å²) >= 11 is 6.28. The molecule has 0 N–H and O–H groups in total. The second kappa shape index (κ2) is 9.35. The number of halogens is 1. The van der Waals surface area contributed by atoms with Gasteiger partial charge in [-0.15, -0.1) is 0 Å². The van der Waals surface area contributed by atoms with E-state index in [4.69, 9.17) is 21.1 Å². The van der Waals surface area contributed by atoms with Gasteiger partial charge in [-0.1, -0.05) is 35.9 Å². The highest BCUT2D eigenvalue weighted by Crippen LogP contribution is 2.33. The first-order valence-electron chi connectivity index (χ1n) is 10.1. The van der Waals surface area contributed by atoms with E-state index in [0.29, 0.717) is 36.7 Å². The van der Waals surface area contributed by atoms with Crippen LogP contribution in [-0.4, -0.2) is 36.5 Å². The molecule has 6 heteroatoms. The molecular weight excluding hydrogens is 402 g/mol. The van der Waals surface area contributed by atoms with E-state index in [1.165, 1.54) is 4.90 Å². The highest BCUT2D eigenvalue weighted by Gasteiger charge is 2.37. The number of rotatable bonds is 8. The molecule has 0 saturated carbocycles. The van der Waals surface area contributed by atoms with Crippen molar-refractivity contribution in [1.29, 1.82) is 0 Å². The Morgan fingerprint density at radius 1 is 0.867 bits per heavy atom. The van der Waals surface area contributed by atoms with Crippen molar-refractivity contribution in [2.24, 2.45) is 0 Å². The fraction of sp³-hybridized carbons (Fsp3) is 0.333. The van der Waals surface area contributed by atoms with Crippen LogP contribution in [0.4, 0.5) is 0 Å². The number of imide groups is 1. The molecule has 0 bridgehead atoms. The Bertz CT molecular complexity index is 1010. The van der Waals surface area contributed by atoms with Gasteiger partial charge < -0.3 is 9.47 Å². The number of aryl methyl sites for hydroxylation is 2. The second-order valence-corrected chi connectivity index (χ2v) is 7.53. The average molecular weight is 428 g/mol. The van der Waals surface area contributed by atoms with Crippen LogP contribution in [0, 0.1) is 13.8 Å². The molecular formula is C24H26ClNO4. The third-order valence-electron chi connectivity index (χ3n) is 5.14. The molecule has 2 amide bonds. The lowest BCUT2D eigenvalue weighted by Gasteiger charge is -2.16. The molecule has 0 atom stereocenters. The summed E-state index contributed by atoms with van der Waals surface area (Å²) in [6.07, 6.45) is 0.494. The Morgan fingerprint density at radius 3 is 2.23 bits per heavy atom. The molecule has 0 spiro atoms.